The van der Waals surface area contributed by atoms with Gasteiger partial charge in [0, 0.05) is 11.1 Å². The summed E-state index contributed by atoms with van der Waals surface area (Å²) in [7, 11) is 3.98. The van der Waals surface area contributed by atoms with Crippen molar-refractivity contribution in [1.82, 2.24) is 9.88 Å². The predicted octanol–water partition coefficient (Wildman–Crippen LogP) is 3.92. The smallest absolute Gasteiger partial charge is 0.228 e. The van der Waals surface area contributed by atoms with Gasteiger partial charge in [-0.1, -0.05) is 54.5 Å². The van der Waals surface area contributed by atoms with Gasteiger partial charge in [0.25, 0.3) is 0 Å². The summed E-state index contributed by atoms with van der Waals surface area (Å²) in [5.41, 5.74) is 2.61. The molecule has 0 aliphatic carbocycles. The van der Waals surface area contributed by atoms with E-state index in [9.17, 15) is 0 Å². The summed E-state index contributed by atoms with van der Waals surface area (Å²) >= 11 is 0. The minimum Gasteiger partial charge on any atom is -0.435 e. The molecule has 1 heterocycles. The molecule has 114 valence electrons. The molecule has 0 atom stereocenters. The molecule has 0 bridgehead atoms. The van der Waals surface area contributed by atoms with Crippen LogP contribution < -0.4 is 0 Å². The molecule has 3 aromatic rings. The SMILES string of the molecule is CN(C)CC#Cc1nc(-c2ccccc2)oc1-c1ccccc1. The summed E-state index contributed by atoms with van der Waals surface area (Å²) in [4.78, 5) is 6.62. The van der Waals surface area contributed by atoms with E-state index in [1.165, 1.54) is 0 Å². The van der Waals surface area contributed by atoms with E-state index < -0.39 is 0 Å². The molecule has 3 nitrogen and oxygen atoms in total. The van der Waals surface area contributed by atoms with Crippen LogP contribution in [0, 0.1) is 11.8 Å². The van der Waals surface area contributed by atoms with Crippen molar-refractivity contribution in [3.63, 3.8) is 0 Å². The largest absolute Gasteiger partial charge is 0.435 e. The van der Waals surface area contributed by atoms with E-state index in [0.29, 0.717) is 18.1 Å². The highest BCUT2D eigenvalue weighted by Gasteiger charge is 2.14. The van der Waals surface area contributed by atoms with Gasteiger partial charge in [0.05, 0.1) is 6.54 Å². The van der Waals surface area contributed by atoms with Gasteiger partial charge in [0.2, 0.25) is 5.89 Å². The van der Waals surface area contributed by atoms with Crippen molar-refractivity contribution in [2.75, 3.05) is 20.6 Å². The zero-order valence-corrected chi connectivity index (χ0v) is 13.3. The van der Waals surface area contributed by atoms with Crippen molar-refractivity contribution in [3.8, 4) is 34.6 Å². The predicted molar refractivity (Wildman–Crippen MR) is 92.8 cm³/mol. The van der Waals surface area contributed by atoms with Gasteiger partial charge in [-0.3, -0.25) is 4.90 Å². The number of aromatic nitrogens is 1. The second-order valence-electron chi connectivity index (χ2n) is 5.47. The zero-order valence-electron chi connectivity index (χ0n) is 13.3. The summed E-state index contributed by atoms with van der Waals surface area (Å²) in [5, 5.41) is 0. The van der Waals surface area contributed by atoms with Gasteiger partial charge >= 0.3 is 0 Å². The lowest BCUT2D eigenvalue weighted by atomic mass is 10.1. The van der Waals surface area contributed by atoms with Gasteiger partial charge < -0.3 is 4.42 Å². The molecule has 0 saturated heterocycles. The number of hydrogen-bond donors (Lipinski definition) is 0. The van der Waals surface area contributed by atoms with E-state index in [0.717, 1.165) is 16.9 Å². The summed E-state index contributed by atoms with van der Waals surface area (Å²) in [6.45, 7) is 0.682. The molecule has 3 rings (SSSR count). The molecule has 2 aromatic carbocycles. The Kier molecular flexibility index (Phi) is 4.56. The Hall–Kier alpha value is -2.83. The minimum atomic E-state index is 0.596. The molecule has 0 amide bonds. The number of benzene rings is 2. The third-order valence-corrected chi connectivity index (χ3v) is 3.29. The molecule has 0 saturated carbocycles. The summed E-state index contributed by atoms with van der Waals surface area (Å²) in [5.74, 6) is 7.58. The van der Waals surface area contributed by atoms with E-state index in [2.05, 4.69) is 16.8 Å². The highest BCUT2D eigenvalue weighted by Crippen LogP contribution is 2.29. The van der Waals surface area contributed by atoms with Gasteiger partial charge in [0.1, 0.15) is 0 Å². The molecule has 1 aromatic heterocycles. The molecular formula is C20H18N2O. The van der Waals surface area contributed by atoms with Crippen molar-refractivity contribution in [2.45, 2.75) is 0 Å². The van der Waals surface area contributed by atoms with Crippen LogP contribution in [0.4, 0.5) is 0 Å². The second kappa shape index (κ2) is 6.95. The maximum absolute atomic E-state index is 6.02. The number of hydrogen-bond acceptors (Lipinski definition) is 3. The van der Waals surface area contributed by atoms with E-state index in [-0.39, 0.29) is 0 Å². The summed E-state index contributed by atoms with van der Waals surface area (Å²) in [6.07, 6.45) is 0. The molecule has 0 aliphatic rings. The zero-order chi connectivity index (χ0) is 16.1. The first kappa shape index (κ1) is 15.1. The Morgan fingerprint density at radius 1 is 0.913 bits per heavy atom. The van der Waals surface area contributed by atoms with Crippen LogP contribution in [0.3, 0.4) is 0 Å². The molecular weight excluding hydrogens is 284 g/mol. The Bertz CT molecular complexity index is 824. The van der Waals surface area contributed by atoms with Crippen LogP contribution in [0.5, 0.6) is 0 Å². The van der Waals surface area contributed by atoms with Crippen molar-refractivity contribution < 1.29 is 4.42 Å². The molecule has 0 fully saturated rings. The Morgan fingerprint density at radius 3 is 2.13 bits per heavy atom. The quantitative estimate of drug-likeness (QED) is 0.687. The van der Waals surface area contributed by atoms with Gasteiger partial charge in [-0.15, -0.1) is 0 Å². The second-order valence-corrected chi connectivity index (χ2v) is 5.47. The Balaban J connectivity index is 2.05. The summed E-state index contributed by atoms with van der Waals surface area (Å²) < 4.78 is 6.02. The Labute approximate surface area is 136 Å². The lowest BCUT2D eigenvalue weighted by Crippen LogP contribution is -2.10. The first-order valence-corrected chi connectivity index (χ1v) is 7.49. The molecule has 23 heavy (non-hydrogen) atoms. The van der Waals surface area contributed by atoms with Gasteiger partial charge in [-0.05, 0) is 32.1 Å². The van der Waals surface area contributed by atoms with E-state index in [4.69, 9.17) is 4.42 Å². The first-order chi connectivity index (χ1) is 11.2. The van der Waals surface area contributed by atoms with Crippen LogP contribution in [0.25, 0.3) is 22.8 Å². The van der Waals surface area contributed by atoms with Crippen LogP contribution in [-0.2, 0) is 0 Å². The van der Waals surface area contributed by atoms with Crippen LogP contribution in [0.2, 0.25) is 0 Å². The number of oxazole rings is 1. The highest BCUT2D eigenvalue weighted by molar-refractivity contribution is 5.67. The fourth-order valence-electron chi connectivity index (χ4n) is 2.18. The lowest BCUT2D eigenvalue weighted by Gasteiger charge is -2.00. The normalized spacial score (nSPS) is 10.4. The molecule has 0 spiro atoms. The average Bonchev–Trinajstić information content (AvgIpc) is 3.00. The third kappa shape index (κ3) is 3.68. The fraction of sp³-hybridized carbons (Fsp3) is 0.150. The van der Waals surface area contributed by atoms with Gasteiger partial charge in [-0.2, -0.15) is 4.98 Å². The van der Waals surface area contributed by atoms with Crippen LogP contribution in [0.15, 0.2) is 65.1 Å². The standard InChI is InChI=1S/C20H18N2O/c1-22(2)15-9-14-18-19(16-10-5-3-6-11-16)23-20(21-18)17-12-7-4-8-13-17/h3-8,10-13H,15H2,1-2H3. The van der Waals surface area contributed by atoms with E-state index in [1.807, 2.05) is 79.7 Å². The summed E-state index contributed by atoms with van der Waals surface area (Å²) in [6, 6.07) is 19.8. The fourth-order valence-corrected chi connectivity index (χ4v) is 2.18. The monoisotopic (exact) mass is 302 g/mol. The van der Waals surface area contributed by atoms with Gasteiger partial charge in [-0.25, -0.2) is 0 Å². The Morgan fingerprint density at radius 2 is 1.52 bits per heavy atom. The topological polar surface area (TPSA) is 29.3 Å². The van der Waals surface area contributed by atoms with Gasteiger partial charge in [0.15, 0.2) is 11.5 Å². The van der Waals surface area contributed by atoms with E-state index >= 15 is 0 Å². The molecule has 0 aliphatic heterocycles. The van der Waals surface area contributed by atoms with Crippen molar-refractivity contribution in [3.05, 3.63) is 66.4 Å². The maximum Gasteiger partial charge on any atom is 0.228 e. The number of nitrogens with zero attached hydrogens (tertiary/aromatic N) is 2. The van der Waals surface area contributed by atoms with Crippen LogP contribution >= 0.6 is 0 Å². The van der Waals surface area contributed by atoms with Crippen LogP contribution in [0.1, 0.15) is 5.69 Å². The molecule has 0 radical (unpaired) electrons. The van der Waals surface area contributed by atoms with E-state index in [1.54, 1.807) is 0 Å². The first-order valence-electron chi connectivity index (χ1n) is 7.49. The van der Waals surface area contributed by atoms with Crippen LogP contribution in [-0.4, -0.2) is 30.5 Å². The molecule has 0 N–H and O–H groups in total. The maximum atomic E-state index is 6.02. The number of rotatable bonds is 3. The third-order valence-electron chi connectivity index (χ3n) is 3.29. The lowest BCUT2D eigenvalue weighted by molar-refractivity contribution is 0.464. The molecule has 3 heteroatoms. The van der Waals surface area contributed by atoms with Crippen molar-refractivity contribution >= 4 is 0 Å². The average molecular weight is 302 g/mol. The van der Waals surface area contributed by atoms with Crippen molar-refractivity contribution in [1.29, 1.82) is 0 Å². The highest BCUT2D eigenvalue weighted by atomic mass is 16.4. The van der Waals surface area contributed by atoms with Crippen molar-refractivity contribution in [2.24, 2.45) is 0 Å². The minimum absolute atomic E-state index is 0.596. The molecule has 0 unspecified atom stereocenters.